The van der Waals surface area contributed by atoms with Gasteiger partial charge in [0.15, 0.2) is 0 Å². The Hall–Kier alpha value is -0.600. The van der Waals surface area contributed by atoms with Gasteiger partial charge in [-0.05, 0) is 24.4 Å². The summed E-state index contributed by atoms with van der Waals surface area (Å²) in [6.07, 6.45) is 0. The Labute approximate surface area is 73.6 Å². The zero-order valence-electron chi connectivity index (χ0n) is 5.97. The van der Waals surface area contributed by atoms with Gasteiger partial charge in [0, 0.05) is 5.69 Å². The second-order valence-electron chi connectivity index (χ2n) is 2.38. The van der Waals surface area contributed by atoms with Gasteiger partial charge in [-0.25, -0.2) is 0 Å². The van der Waals surface area contributed by atoms with Gasteiger partial charge in [-0.1, -0.05) is 11.6 Å². The van der Waals surface area contributed by atoms with E-state index in [1.54, 1.807) is 11.3 Å². The van der Waals surface area contributed by atoms with Crippen LogP contribution in [0.4, 0.5) is 0 Å². The van der Waals surface area contributed by atoms with Crippen molar-refractivity contribution >= 4 is 33.2 Å². The van der Waals surface area contributed by atoms with Crippen LogP contribution in [0.25, 0.3) is 10.2 Å². The van der Waals surface area contributed by atoms with Gasteiger partial charge in [0.25, 0.3) is 0 Å². The Kier molecular flexibility index (Phi) is 1.59. The summed E-state index contributed by atoms with van der Waals surface area (Å²) >= 11 is 7.60. The van der Waals surface area contributed by atoms with Crippen molar-refractivity contribution in [3.05, 3.63) is 28.2 Å². The summed E-state index contributed by atoms with van der Waals surface area (Å²) in [5.74, 6) is 0. The van der Waals surface area contributed by atoms with Crippen LogP contribution < -0.4 is 0 Å². The Morgan fingerprint density at radius 2 is 2.36 bits per heavy atom. The third-order valence-electron chi connectivity index (χ3n) is 1.49. The first-order valence-corrected chi connectivity index (χ1v) is 4.53. The molecule has 0 aromatic carbocycles. The van der Waals surface area contributed by atoms with E-state index >= 15 is 0 Å². The topological polar surface area (TPSA) is 12.9 Å². The number of fused-ring (bicyclic) bond motifs is 1. The van der Waals surface area contributed by atoms with Crippen LogP contribution in [0.5, 0.6) is 0 Å². The number of thiophene rings is 1. The number of aryl methyl sites for hydroxylation is 1. The Morgan fingerprint density at radius 1 is 1.55 bits per heavy atom. The molecule has 1 nitrogen and oxygen atoms in total. The molecule has 0 spiro atoms. The molecule has 0 saturated heterocycles. The molecule has 0 N–H and O–H groups in total. The average Bonchev–Trinajstić information content (AvgIpc) is 2.34. The van der Waals surface area contributed by atoms with Crippen LogP contribution in [0.2, 0.25) is 5.02 Å². The summed E-state index contributed by atoms with van der Waals surface area (Å²) in [7, 11) is 0. The van der Waals surface area contributed by atoms with Gasteiger partial charge in [-0.15, -0.1) is 11.3 Å². The van der Waals surface area contributed by atoms with Crippen LogP contribution in [0.3, 0.4) is 0 Å². The van der Waals surface area contributed by atoms with Gasteiger partial charge in [-0.2, -0.15) is 0 Å². The monoisotopic (exact) mass is 183 g/mol. The number of hydrogen-bond acceptors (Lipinski definition) is 2. The van der Waals surface area contributed by atoms with Crippen molar-refractivity contribution in [1.29, 1.82) is 0 Å². The van der Waals surface area contributed by atoms with Crippen molar-refractivity contribution in [1.82, 2.24) is 4.98 Å². The molecule has 2 aromatic rings. The molecule has 2 rings (SSSR count). The molecule has 0 aliphatic carbocycles. The molecule has 0 atom stereocenters. The Morgan fingerprint density at radius 3 is 3.18 bits per heavy atom. The minimum Gasteiger partial charge on any atom is -0.252 e. The predicted octanol–water partition coefficient (Wildman–Crippen LogP) is 3.26. The van der Waals surface area contributed by atoms with E-state index in [-0.39, 0.29) is 0 Å². The van der Waals surface area contributed by atoms with Gasteiger partial charge in [-0.3, -0.25) is 4.98 Å². The van der Waals surface area contributed by atoms with Crippen molar-refractivity contribution in [3.8, 4) is 0 Å². The third kappa shape index (κ3) is 1.12. The molecule has 0 bridgehead atoms. The fraction of sp³-hybridized carbons (Fsp3) is 0.125. The molecule has 2 aromatic heterocycles. The van der Waals surface area contributed by atoms with Crippen molar-refractivity contribution in [2.45, 2.75) is 6.92 Å². The van der Waals surface area contributed by atoms with Crippen LogP contribution in [0.1, 0.15) is 5.69 Å². The SMILES string of the molecule is Cc1cc(Cl)c2sccc2n1. The molecule has 0 unspecified atom stereocenters. The lowest BCUT2D eigenvalue weighted by Crippen LogP contribution is -1.79. The number of halogens is 1. The molecular weight excluding hydrogens is 178 g/mol. The van der Waals surface area contributed by atoms with Gasteiger partial charge in [0.05, 0.1) is 15.2 Å². The fourth-order valence-electron chi connectivity index (χ4n) is 1.04. The second kappa shape index (κ2) is 2.47. The molecule has 0 fully saturated rings. The van der Waals surface area contributed by atoms with E-state index in [1.807, 2.05) is 24.4 Å². The second-order valence-corrected chi connectivity index (χ2v) is 3.70. The minimum atomic E-state index is 0.808. The van der Waals surface area contributed by atoms with Crippen molar-refractivity contribution in [3.63, 3.8) is 0 Å². The van der Waals surface area contributed by atoms with E-state index in [0.29, 0.717) is 0 Å². The molecule has 2 heterocycles. The van der Waals surface area contributed by atoms with Gasteiger partial charge in [0.2, 0.25) is 0 Å². The maximum absolute atomic E-state index is 5.97. The van der Waals surface area contributed by atoms with Crippen molar-refractivity contribution in [2.24, 2.45) is 0 Å². The highest BCUT2D eigenvalue weighted by Gasteiger charge is 2.01. The normalized spacial score (nSPS) is 10.7. The molecule has 0 aliphatic rings. The summed E-state index contributed by atoms with van der Waals surface area (Å²) in [6, 6.07) is 3.87. The van der Waals surface area contributed by atoms with E-state index in [9.17, 15) is 0 Å². The average molecular weight is 184 g/mol. The minimum absolute atomic E-state index is 0.808. The molecule has 0 saturated carbocycles. The highest BCUT2D eigenvalue weighted by Crippen LogP contribution is 2.27. The highest BCUT2D eigenvalue weighted by atomic mass is 35.5. The van der Waals surface area contributed by atoms with Crippen molar-refractivity contribution < 1.29 is 0 Å². The molecule has 56 valence electrons. The largest absolute Gasteiger partial charge is 0.252 e. The quantitative estimate of drug-likeness (QED) is 0.611. The number of pyridine rings is 1. The first-order valence-electron chi connectivity index (χ1n) is 3.28. The van der Waals surface area contributed by atoms with Crippen LogP contribution in [0.15, 0.2) is 17.5 Å². The Bertz CT molecular complexity index is 394. The summed E-state index contributed by atoms with van der Waals surface area (Å²) in [6.45, 7) is 1.95. The zero-order valence-corrected chi connectivity index (χ0v) is 7.54. The molecular formula is C8H6ClNS. The fourth-order valence-corrected chi connectivity index (χ4v) is 2.17. The molecule has 0 radical (unpaired) electrons. The lowest BCUT2D eigenvalue weighted by atomic mass is 10.3. The summed E-state index contributed by atoms with van der Waals surface area (Å²) in [5, 5.41) is 2.81. The van der Waals surface area contributed by atoms with Gasteiger partial charge >= 0.3 is 0 Å². The number of hydrogen-bond donors (Lipinski definition) is 0. The van der Waals surface area contributed by atoms with Crippen LogP contribution >= 0.6 is 22.9 Å². The van der Waals surface area contributed by atoms with Crippen LogP contribution in [-0.4, -0.2) is 4.98 Å². The lowest BCUT2D eigenvalue weighted by Gasteiger charge is -1.94. The number of rotatable bonds is 0. The Balaban J connectivity index is 2.91. The third-order valence-corrected chi connectivity index (χ3v) is 2.84. The first-order chi connectivity index (χ1) is 5.27. The summed E-state index contributed by atoms with van der Waals surface area (Å²) in [4.78, 5) is 4.32. The van der Waals surface area contributed by atoms with Crippen LogP contribution in [-0.2, 0) is 0 Å². The van der Waals surface area contributed by atoms with E-state index in [0.717, 1.165) is 20.9 Å². The predicted molar refractivity (Wildman–Crippen MR) is 49.4 cm³/mol. The highest BCUT2D eigenvalue weighted by molar-refractivity contribution is 7.17. The standard InChI is InChI=1S/C8H6ClNS/c1-5-4-6(9)8-7(10-5)2-3-11-8/h2-4H,1H3. The van der Waals surface area contributed by atoms with E-state index in [1.165, 1.54) is 0 Å². The number of aromatic nitrogens is 1. The summed E-state index contributed by atoms with van der Waals surface area (Å²) in [5.41, 5.74) is 1.97. The summed E-state index contributed by atoms with van der Waals surface area (Å²) < 4.78 is 1.08. The first kappa shape index (κ1) is 7.07. The molecule has 3 heteroatoms. The van der Waals surface area contributed by atoms with Crippen molar-refractivity contribution in [2.75, 3.05) is 0 Å². The van der Waals surface area contributed by atoms with Crippen LogP contribution in [0, 0.1) is 6.92 Å². The lowest BCUT2D eigenvalue weighted by molar-refractivity contribution is 1.26. The number of nitrogens with zero attached hydrogens (tertiary/aromatic N) is 1. The maximum atomic E-state index is 5.97. The van der Waals surface area contributed by atoms with Gasteiger partial charge in [0.1, 0.15) is 0 Å². The van der Waals surface area contributed by atoms with Gasteiger partial charge < -0.3 is 0 Å². The smallest absolute Gasteiger partial charge is 0.0828 e. The zero-order chi connectivity index (χ0) is 7.84. The molecule has 11 heavy (non-hydrogen) atoms. The van der Waals surface area contributed by atoms with E-state index in [4.69, 9.17) is 11.6 Å². The molecule has 0 aliphatic heterocycles. The maximum Gasteiger partial charge on any atom is 0.0828 e. The molecule has 0 amide bonds. The van der Waals surface area contributed by atoms with E-state index < -0.39 is 0 Å². The van der Waals surface area contributed by atoms with E-state index in [2.05, 4.69) is 4.98 Å².